The van der Waals surface area contributed by atoms with Crippen LogP contribution in [0.3, 0.4) is 0 Å². The molecule has 0 aliphatic carbocycles. The molecular weight excluding hydrogens is 294 g/mol. The van der Waals surface area contributed by atoms with Crippen molar-refractivity contribution in [3.63, 3.8) is 0 Å². The van der Waals surface area contributed by atoms with Crippen LogP contribution in [0.4, 0.5) is 0 Å². The Morgan fingerprint density at radius 1 is 1.57 bits per heavy atom. The van der Waals surface area contributed by atoms with Gasteiger partial charge in [0.2, 0.25) is 0 Å². The zero-order valence-electron chi connectivity index (χ0n) is 13.4. The number of carbonyl (C=O) groups excluding carboxylic acids is 1. The molecule has 0 radical (unpaired) electrons. The summed E-state index contributed by atoms with van der Waals surface area (Å²) in [4.78, 5) is 15.1. The van der Waals surface area contributed by atoms with Crippen molar-refractivity contribution in [1.82, 2.24) is 20.1 Å². The van der Waals surface area contributed by atoms with Crippen LogP contribution in [-0.2, 0) is 11.8 Å². The van der Waals surface area contributed by atoms with Crippen molar-refractivity contribution >= 4 is 5.91 Å². The van der Waals surface area contributed by atoms with E-state index < -0.39 is 0 Å². The van der Waals surface area contributed by atoms with E-state index in [4.69, 9.17) is 10.00 Å². The van der Waals surface area contributed by atoms with Crippen molar-refractivity contribution in [2.45, 2.75) is 32.4 Å². The van der Waals surface area contributed by atoms with Gasteiger partial charge in [-0.05, 0) is 26.3 Å². The number of nitrogens with zero attached hydrogens (tertiary/aromatic N) is 3. The zero-order chi connectivity index (χ0) is 16.6. The van der Waals surface area contributed by atoms with E-state index in [-0.39, 0.29) is 18.1 Å². The number of carbonyl (C=O) groups is 1. The number of nitriles is 1. The number of amides is 1. The van der Waals surface area contributed by atoms with E-state index in [2.05, 4.69) is 15.4 Å². The molecule has 1 amide bonds. The van der Waals surface area contributed by atoms with Crippen LogP contribution in [0.25, 0.3) is 0 Å². The van der Waals surface area contributed by atoms with Gasteiger partial charge in [-0.2, -0.15) is 10.4 Å². The molecule has 120 valence electrons. The Kier molecular flexibility index (Phi) is 3.92. The van der Waals surface area contributed by atoms with E-state index in [1.165, 1.54) is 0 Å². The van der Waals surface area contributed by atoms with Gasteiger partial charge in [0, 0.05) is 31.1 Å². The number of aromatic amines is 1. The van der Waals surface area contributed by atoms with Crippen molar-refractivity contribution in [2.75, 3.05) is 6.61 Å². The number of hydrogen-bond donors (Lipinski definition) is 2. The first-order valence-corrected chi connectivity index (χ1v) is 7.52. The fraction of sp³-hybridized carbons (Fsp3) is 0.438. The number of aryl methyl sites for hydroxylation is 2. The van der Waals surface area contributed by atoms with E-state index in [9.17, 15) is 4.79 Å². The average Bonchev–Trinajstić information content (AvgIpc) is 3.21. The highest BCUT2D eigenvalue weighted by atomic mass is 16.5. The molecule has 0 spiro atoms. The zero-order valence-corrected chi connectivity index (χ0v) is 13.4. The molecule has 1 aliphatic heterocycles. The van der Waals surface area contributed by atoms with Crippen LogP contribution in [0.5, 0.6) is 0 Å². The van der Waals surface area contributed by atoms with Crippen LogP contribution < -0.4 is 5.32 Å². The summed E-state index contributed by atoms with van der Waals surface area (Å²) in [5.41, 5.74) is 3.83. The molecule has 7 nitrogen and oxygen atoms in total. The molecule has 0 aromatic carbocycles. The second-order valence-electron chi connectivity index (χ2n) is 5.78. The number of nitrogens with one attached hydrogen (secondary N) is 2. The van der Waals surface area contributed by atoms with Gasteiger partial charge in [-0.25, -0.2) is 0 Å². The van der Waals surface area contributed by atoms with Crippen LogP contribution in [-0.4, -0.2) is 33.3 Å². The molecule has 2 atom stereocenters. The number of hydrogen-bond acceptors (Lipinski definition) is 4. The molecule has 3 rings (SSSR count). The Morgan fingerprint density at radius 2 is 2.35 bits per heavy atom. The summed E-state index contributed by atoms with van der Waals surface area (Å²) in [6.45, 7) is 4.55. The second kappa shape index (κ2) is 5.89. The van der Waals surface area contributed by atoms with E-state index >= 15 is 0 Å². The largest absolute Gasteiger partial charge is 0.371 e. The minimum Gasteiger partial charge on any atom is -0.371 e. The summed E-state index contributed by atoms with van der Waals surface area (Å²) in [7, 11) is 1.90. The van der Waals surface area contributed by atoms with Gasteiger partial charge in [-0.1, -0.05) is 0 Å². The minimum atomic E-state index is -0.206. The SMILES string of the molecule is Cc1nn(C)c(C)c1[C@H]1OCC[C@@H]1NC(=O)c1c[nH]c(C#N)c1. The maximum atomic E-state index is 12.4. The molecular formula is C16H19N5O2. The van der Waals surface area contributed by atoms with Crippen molar-refractivity contribution in [3.05, 3.63) is 40.5 Å². The first-order chi connectivity index (χ1) is 11.0. The summed E-state index contributed by atoms with van der Waals surface area (Å²) < 4.78 is 7.69. The van der Waals surface area contributed by atoms with Crippen LogP contribution in [0.15, 0.2) is 12.3 Å². The van der Waals surface area contributed by atoms with Gasteiger partial charge >= 0.3 is 0 Å². The maximum absolute atomic E-state index is 12.4. The number of H-pyrrole nitrogens is 1. The highest BCUT2D eigenvalue weighted by Crippen LogP contribution is 2.33. The van der Waals surface area contributed by atoms with Crippen molar-refractivity contribution < 1.29 is 9.53 Å². The normalized spacial score (nSPS) is 20.4. The topological polar surface area (TPSA) is 95.7 Å². The molecule has 1 aliphatic rings. The molecule has 1 fully saturated rings. The molecule has 2 aromatic rings. The highest BCUT2D eigenvalue weighted by molar-refractivity contribution is 5.94. The molecule has 0 saturated carbocycles. The molecule has 23 heavy (non-hydrogen) atoms. The quantitative estimate of drug-likeness (QED) is 0.897. The van der Waals surface area contributed by atoms with E-state index in [1.54, 1.807) is 12.3 Å². The first kappa shape index (κ1) is 15.3. The van der Waals surface area contributed by atoms with Gasteiger partial charge in [0.05, 0.1) is 17.3 Å². The molecule has 2 N–H and O–H groups in total. The van der Waals surface area contributed by atoms with Gasteiger partial charge < -0.3 is 15.0 Å². The predicted octanol–water partition coefficient (Wildman–Crippen LogP) is 1.50. The van der Waals surface area contributed by atoms with Crippen molar-refractivity contribution in [3.8, 4) is 6.07 Å². The third-order valence-electron chi connectivity index (χ3n) is 4.32. The van der Waals surface area contributed by atoms with Crippen molar-refractivity contribution in [2.24, 2.45) is 7.05 Å². The highest BCUT2D eigenvalue weighted by Gasteiger charge is 2.34. The fourth-order valence-corrected chi connectivity index (χ4v) is 3.07. The molecule has 7 heteroatoms. The minimum absolute atomic E-state index is 0.107. The van der Waals surface area contributed by atoms with Crippen LogP contribution in [0.1, 0.15) is 45.5 Å². The van der Waals surface area contributed by atoms with E-state index in [0.29, 0.717) is 17.9 Å². The molecule has 3 heterocycles. The number of ether oxygens (including phenoxy) is 1. The lowest BCUT2D eigenvalue weighted by molar-refractivity contribution is 0.0817. The van der Waals surface area contributed by atoms with Crippen LogP contribution in [0, 0.1) is 25.2 Å². The average molecular weight is 313 g/mol. The van der Waals surface area contributed by atoms with Crippen molar-refractivity contribution in [1.29, 1.82) is 5.26 Å². The smallest absolute Gasteiger partial charge is 0.253 e. The van der Waals surface area contributed by atoms with Crippen LogP contribution >= 0.6 is 0 Å². The molecule has 2 aromatic heterocycles. The lowest BCUT2D eigenvalue weighted by atomic mass is 10.00. The van der Waals surface area contributed by atoms with Crippen LogP contribution in [0.2, 0.25) is 0 Å². The van der Waals surface area contributed by atoms with Gasteiger partial charge in [0.1, 0.15) is 17.9 Å². The second-order valence-corrected chi connectivity index (χ2v) is 5.78. The third kappa shape index (κ3) is 2.73. The Morgan fingerprint density at radius 3 is 2.96 bits per heavy atom. The Balaban J connectivity index is 1.79. The number of aromatic nitrogens is 3. The Bertz CT molecular complexity index is 783. The summed E-state index contributed by atoms with van der Waals surface area (Å²) in [6, 6.07) is 3.41. The lowest BCUT2D eigenvalue weighted by Gasteiger charge is -2.20. The summed E-state index contributed by atoms with van der Waals surface area (Å²) in [5, 5.41) is 16.3. The monoisotopic (exact) mass is 313 g/mol. The van der Waals surface area contributed by atoms with Gasteiger partial charge in [0.15, 0.2) is 0 Å². The molecule has 1 saturated heterocycles. The predicted molar refractivity (Wildman–Crippen MR) is 82.8 cm³/mol. The fourth-order valence-electron chi connectivity index (χ4n) is 3.07. The summed E-state index contributed by atoms with van der Waals surface area (Å²) in [5.74, 6) is -0.206. The standard InChI is InChI=1S/C16H19N5O2/c1-9-14(10(2)21(3)20-9)15-13(4-5-23-15)19-16(22)11-6-12(7-17)18-8-11/h6,8,13,15,18H,4-5H2,1-3H3,(H,19,22)/t13-,15-/m0/s1. The third-order valence-corrected chi connectivity index (χ3v) is 4.32. The van der Waals surface area contributed by atoms with E-state index in [0.717, 1.165) is 23.4 Å². The van der Waals surface area contributed by atoms with Gasteiger partial charge in [-0.15, -0.1) is 0 Å². The van der Waals surface area contributed by atoms with E-state index in [1.807, 2.05) is 31.6 Å². The Hall–Kier alpha value is -2.59. The first-order valence-electron chi connectivity index (χ1n) is 7.52. The lowest BCUT2D eigenvalue weighted by Crippen LogP contribution is -2.37. The molecule has 0 bridgehead atoms. The number of rotatable bonds is 3. The Labute approximate surface area is 134 Å². The van der Waals surface area contributed by atoms with Gasteiger partial charge in [0.25, 0.3) is 5.91 Å². The van der Waals surface area contributed by atoms with Gasteiger partial charge in [-0.3, -0.25) is 9.48 Å². The molecule has 0 unspecified atom stereocenters. The summed E-state index contributed by atoms with van der Waals surface area (Å²) >= 11 is 0. The summed E-state index contributed by atoms with van der Waals surface area (Å²) in [6.07, 6.45) is 2.10. The maximum Gasteiger partial charge on any atom is 0.253 e.